The first-order valence-corrected chi connectivity index (χ1v) is 10.4. The van der Waals surface area contributed by atoms with Crippen molar-refractivity contribution < 1.29 is 8.42 Å². The Morgan fingerprint density at radius 2 is 1.88 bits per heavy atom. The molecule has 2 bridgehead atoms. The predicted octanol–water partition coefficient (Wildman–Crippen LogP) is 1.75. The minimum absolute atomic E-state index is 0.0668. The van der Waals surface area contributed by atoms with Crippen molar-refractivity contribution in [2.45, 2.75) is 69.0 Å². The van der Waals surface area contributed by atoms with Crippen LogP contribution in [0.15, 0.2) is 11.1 Å². The number of aryl methyl sites for hydroxylation is 2. The number of sulfonamides is 1. The molecule has 4 atom stereocenters. The van der Waals surface area contributed by atoms with Crippen LogP contribution in [0.1, 0.15) is 44.7 Å². The van der Waals surface area contributed by atoms with Crippen LogP contribution in [0.25, 0.3) is 0 Å². The molecule has 4 rings (SSSR count). The lowest BCUT2D eigenvalue weighted by Gasteiger charge is -2.45. The van der Waals surface area contributed by atoms with E-state index < -0.39 is 10.0 Å². The van der Waals surface area contributed by atoms with E-state index in [0.717, 1.165) is 19.3 Å². The lowest BCUT2D eigenvalue weighted by atomic mass is 9.72. The number of piperidine rings is 1. The molecule has 0 aromatic carbocycles. The zero-order chi connectivity index (χ0) is 17.3. The maximum atomic E-state index is 13.5. The molecule has 0 amide bonds. The molecule has 1 aliphatic carbocycles. The molecule has 0 unspecified atom stereocenters. The number of hydrogen-bond acceptors (Lipinski definition) is 4. The van der Waals surface area contributed by atoms with E-state index >= 15 is 0 Å². The van der Waals surface area contributed by atoms with Gasteiger partial charge in [0.1, 0.15) is 4.90 Å². The van der Waals surface area contributed by atoms with Crippen LogP contribution in [0.5, 0.6) is 0 Å². The number of likely N-dealkylation sites (N-methyl/N-ethyl adjacent to an activating group) is 1. The van der Waals surface area contributed by atoms with Crippen LogP contribution in [0, 0.1) is 12.3 Å². The molecule has 3 fully saturated rings. The van der Waals surface area contributed by atoms with Gasteiger partial charge in [0.05, 0.1) is 5.69 Å². The second-order valence-electron chi connectivity index (χ2n) is 8.17. The molecular formula is C17H28N4O2S. The zero-order valence-corrected chi connectivity index (χ0v) is 15.9. The number of rotatable bonds is 2. The molecule has 6 nitrogen and oxygen atoms in total. The maximum absolute atomic E-state index is 13.5. The monoisotopic (exact) mass is 352 g/mol. The Balaban J connectivity index is 1.80. The highest BCUT2D eigenvalue weighted by atomic mass is 32.2. The van der Waals surface area contributed by atoms with Gasteiger partial charge in [-0.05, 0) is 33.2 Å². The minimum atomic E-state index is -3.50. The highest BCUT2D eigenvalue weighted by molar-refractivity contribution is 7.89. The van der Waals surface area contributed by atoms with Crippen molar-refractivity contribution in [3.05, 3.63) is 11.9 Å². The van der Waals surface area contributed by atoms with Crippen molar-refractivity contribution in [3.63, 3.8) is 0 Å². The molecule has 2 aliphatic heterocycles. The van der Waals surface area contributed by atoms with Gasteiger partial charge in [-0.3, -0.25) is 9.58 Å². The summed E-state index contributed by atoms with van der Waals surface area (Å²) >= 11 is 0. The second-order valence-corrected chi connectivity index (χ2v) is 10.0. The molecule has 3 heterocycles. The van der Waals surface area contributed by atoms with Crippen LogP contribution in [0.4, 0.5) is 0 Å². The molecule has 0 radical (unpaired) electrons. The summed E-state index contributed by atoms with van der Waals surface area (Å²) in [6.07, 6.45) is 7.27. The van der Waals surface area contributed by atoms with E-state index in [1.165, 1.54) is 12.8 Å². The number of likely N-dealkylation sites (tertiary alicyclic amines) is 1. The minimum Gasteiger partial charge on any atom is -0.299 e. The van der Waals surface area contributed by atoms with E-state index in [0.29, 0.717) is 29.2 Å². The van der Waals surface area contributed by atoms with E-state index in [1.807, 2.05) is 4.31 Å². The van der Waals surface area contributed by atoms with Gasteiger partial charge in [0.15, 0.2) is 0 Å². The molecule has 1 saturated carbocycles. The molecule has 0 spiro atoms. The first-order valence-electron chi connectivity index (χ1n) is 8.99. The fourth-order valence-corrected chi connectivity index (χ4v) is 7.63. The van der Waals surface area contributed by atoms with E-state index in [4.69, 9.17) is 0 Å². The number of nitrogens with zero attached hydrogens (tertiary/aromatic N) is 4. The lowest BCUT2D eigenvalue weighted by molar-refractivity contribution is 0.0976. The van der Waals surface area contributed by atoms with Gasteiger partial charge in [0, 0.05) is 43.3 Å². The van der Waals surface area contributed by atoms with Crippen molar-refractivity contribution in [2.75, 3.05) is 13.6 Å². The Morgan fingerprint density at radius 3 is 2.50 bits per heavy atom. The van der Waals surface area contributed by atoms with Gasteiger partial charge in [0.25, 0.3) is 0 Å². The summed E-state index contributed by atoms with van der Waals surface area (Å²) in [6.45, 7) is 4.72. The Kier molecular flexibility index (Phi) is 3.64. The van der Waals surface area contributed by atoms with Gasteiger partial charge >= 0.3 is 0 Å². The first kappa shape index (κ1) is 16.5. The molecular weight excluding hydrogens is 324 g/mol. The number of fused-ring (bicyclic) bond motifs is 1. The SMILES string of the molecule is Cc1nn(C)cc1S(=O)(=O)N1C[C@@H]2C[C@@]3(C)[C@H](CCCC[C@@H]13)N2C. The molecule has 3 aliphatic rings. The normalized spacial score (nSPS) is 37.6. The first-order chi connectivity index (χ1) is 11.2. The van der Waals surface area contributed by atoms with Gasteiger partial charge in [0.2, 0.25) is 10.0 Å². The van der Waals surface area contributed by atoms with Crippen LogP contribution >= 0.6 is 0 Å². The summed E-state index contributed by atoms with van der Waals surface area (Å²) in [7, 11) is 0.466. The average molecular weight is 353 g/mol. The largest absolute Gasteiger partial charge is 0.299 e. The Bertz CT molecular complexity index is 759. The van der Waals surface area contributed by atoms with Crippen molar-refractivity contribution in [3.8, 4) is 0 Å². The molecule has 7 heteroatoms. The Morgan fingerprint density at radius 1 is 1.21 bits per heavy atom. The fraction of sp³-hybridized carbons (Fsp3) is 0.824. The standard InChI is InChI=1S/C17H28N4O2S/c1-12-14(11-19(3)18-12)24(22,23)21-10-13-9-17(2)15(20(13)4)7-5-6-8-16(17)21/h11,13,15-16H,5-10H2,1-4H3/t13-,15-,16+,17-/m0/s1. The van der Waals surface area contributed by atoms with Gasteiger partial charge in [-0.2, -0.15) is 9.40 Å². The third-order valence-electron chi connectivity index (χ3n) is 6.76. The smallest absolute Gasteiger partial charge is 0.246 e. The number of hydrogen-bond donors (Lipinski definition) is 0. The highest BCUT2D eigenvalue weighted by Gasteiger charge is 2.59. The molecule has 1 aromatic rings. The fourth-order valence-electron chi connectivity index (χ4n) is 5.63. The number of aromatic nitrogens is 2. The lowest BCUT2D eigenvalue weighted by Crippen LogP contribution is -2.55. The third-order valence-corrected chi connectivity index (χ3v) is 8.74. The maximum Gasteiger partial charge on any atom is 0.246 e. The quantitative estimate of drug-likeness (QED) is 0.814. The Hall–Kier alpha value is -0.920. The second kappa shape index (κ2) is 5.29. The van der Waals surface area contributed by atoms with Crippen LogP contribution < -0.4 is 0 Å². The van der Waals surface area contributed by atoms with Crippen molar-refractivity contribution in [1.82, 2.24) is 19.0 Å². The van der Waals surface area contributed by atoms with E-state index in [2.05, 4.69) is 24.0 Å². The summed E-state index contributed by atoms with van der Waals surface area (Å²) in [4.78, 5) is 2.84. The summed E-state index contributed by atoms with van der Waals surface area (Å²) in [5, 5.41) is 4.26. The Labute approximate surface area is 144 Å². The van der Waals surface area contributed by atoms with Gasteiger partial charge in [-0.15, -0.1) is 0 Å². The van der Waals surface area contributed by atoms with Crippen molar-refractivity contribution in [2.24, 2.45) is 12.5 Å². The molecule has 0 N–H and O–H groups in total. The van der Waals surface area contributed by atoms with E-state index in [1.54, 1.807) is 24.9 Å². The van der Waals surface area contributed by atoms with Crippen LogP contribution in [0.2, 0.25) is 0 Å². The average Bonchev–Trinajstić information content (AvgIpc) is 2.87. The molecule has 2 saturated heterocycles. The summed E-state index contributed by atoms with van der Waals surface area (Å²) < 4.78 is 30.3. The molecule has 24 heavy (non-hydrogen) atoms. The van der Waals surface area contributed by atoms with Crippen molar-refractivity contribution in [1.29, 1.82) is 0 Å². The van der Waals surface area contributed by atoms with Gasteiger partial charge in [-0.1, -0.05) is 19.8 Å². The summed E-state index contributed by atoms with van der Waals surface area (Å²) in [5.41, 5.74) is 0.663. The topological polar surface area (TPSA) is 58.4 Å². The predicted molar refractivity (Wildman–Crippen MR) is 92.2 cm³/mol. The molecule has 134 valence electrons. The van der Waals surface area contributed by atoms with Crippen LogP contribution in [-0.4, -0.2) is 59.1 Å². The van der Waals surface area contributed by atoms with Gasteiger partial charge < -0.3 is 0 Å². The van der Waals surface area contributed by atoms with E-state index in [9.17, 15) is 8.42 Å². The zero-order valence-electron chi connectivity index (χ0n) is 15.1. The molecule has 1 aromatic heterocycles. The van der Waals surface area contributed by atoms with Crippen LogP contribution in [-0.2, 0) is 17.1 Å². The highest BCUT2D eigenvalue weighted by Crippen LogP contribution is 2.53. The summed E-state index contributed by atoms with van der Waals surface area (Å²) in [6, 6.07) is 0.946. The third kappa shape index (κ3) is 2.14. The van der Waals surface area contributed by atoms with E-state index in [-0.39, 0.29) is 11.5 Å². The summed E-state index contributed by atoms with van der Waals surface area (Å²) in [5.74, 6) is 0. The van der Waals surface area contributed by atoms with Crippen LogP contribution in [0.3, 0.4) is 0 Å². The van der Waals surface area contributed by atoms with Crippen molar-refractivity contribution >= 4 is 10.0 Å². The van der Waals surface area contributed by atoms with Gasteiger partial charge in [-0.25, -0.2) is 8.42 Å².